The third-order valence-corrected chi connectivity index (χ3v) is 9.31. The first kappa shape index (κ1) is 23.2. The summed E-state index contributed by atoms with van der Waals surface area (Å²) in [4.78, 5) is 35.3. The van der Waals surface area contributed by atoms with Crippen molar-refractivity contribution in [2.24, 2.45) is 0 Å². The van der Waals surface area contributed by atoms with E-state index in [2.05, 4.69) is 6.07 Å². The Kier molecular flexibility index (Phi) is 6.54. The maximum Gasteiger partial charge on any atom is 0.263 e. The molecule has 0 aromatic carbocycles. The first-order valence-electron chi connectivity index (χ1n) is 11.9. The predicted octanol–water partition coefficient (Wildman–Crippen LogP) is 4.76. The molecule has 2 aliphatic carbocycles. The van der Waals surface area contributed by atoms with Crippen molar-refractivity contribution in [3.8, 4) is 6.07 Å². The summed E-state index contributed by atoms with van der Waals surface area (Å²) < 4.78 is 7.16. The molecule has 9 heteroatoms. The lowest BCUT2D eigenvalue weighted by Gasteiger charge is -2.39. The van der Waals surface area contributed by atoms with Gasteiger partial charge in [0.1, 0.15) is 16.1 Å². The second-order valence-corrected chi connectivity index (χ2v) is 11.2. The highest BCUT2D eigenvalue weighted by atomic mass is 32.2. The van der Waals surface area contributed by atoms with Crippen molar-refractivity contribution in [1.29, 1.82) is 5.26 Å². The van der Waals surface area contributed by atoms with E-state index in [0.717, 1.165) is 60.7 Å². The number of fused-ring (bicyclic) bond motifs is 3. The zero-order valence-corrected chi connectivity index (χ0v) is 21.0. The number of hydrogen-bond acceptors (Lipinski definition) is 7. The topological polar surface area (TPSA) is 92.1 Å². The van der Waals surface area contributed by atoms with Crippen LogP contribution in [0.4, 0.5) is 0 Å². The molecule has 1 amide bonds. The lowest BCUT2D eigenvalue weighted by molar-refractivity contribution is -0.131. The first-order valence-corrected chi connectivity index (χ1v) is 13.7. The van der Waals surface area contributed by atoms with Crippen molar-refractivity contribution >= 4 is 39.2 Å². The summed E-state index contributed by atoms with van der Waals surface area (Å²) in [6.07, 6.45) is 10.2. The zero-order chi connectivity index (χ0) is 23.7. The van der Waals surface area contributed by atoms with Crippen LogP contribution in [0.1, 0.15) is 61.1 Å². The molecule has 178 valence electrons. The van der Waals surface area contributed by atoms with Crippen LogP contribution < -0.4 is 5.56 Å². The van der Waals surface area contributed by atoms with Gasteiger partial charge in [-0.1, -0.05) is 31.0 Å². The van der Waals surface area contributed by atoms with Crippen LogP contribution in [0, 0.1) is 11.3 Å². The molecule has 3 heterocycles. The molecule has 0 aliphatic heterocycles. The predicted molar refractivity (Wildman–Crippen MR) is 133 cm³/mol. The number of aryl methyl sites for hydroxylation is 2. The van der Waals surface area contributed by atoms with Crippen molar-refractivity contribution in [3.05, 3.63) is 45.0 Å². The number of hydrogen-bond donors (Lipinski definition) is 0. The van der Waals surface area contributed by atoms with E-state index < -0.39 is 5.54 Å². The average Bonchev–Trinajstić information content (AvgIpc) is 3.52. The quantitative estimate of drug-likeness (QED) is 0.361. The van der Waals surface area contributed by atoms with Crippen LogP contribution in [0.2, 0.25) is 0 Å². The summed E-state index contributed by atoms with van der Waals surface area (Å²) in [5.41, 5.74) is 0.357. The van der Waals surface area contributed by atoms with Gasteiger partial charge in [0.05, 0.1) is 30.0 Å². The van der Waals surface area contributed by atoms with Crippen LogP contribution in [-0.4, -0.2) is 38.7 Å². The third kappa shape index (κ3) is 4.18. The SMILES string of the molecule is CN(C(=O)CSc1nc2sc3c(c2c(=O)n1Cc1ccco1)CCCC3)C1(C#N)CCCCC1. The maximum atomic E-state index is 13.7. The Morgan fingerprint density at radius 2 is 2.09 bits per heavy atom. The van der Waals surface area contributed by atoms with Crippen molar-refractivity contribution in [1.82, 2.24) is 14.5 Å². The minimum absolute atomic E-state index is 0.0649. The first-order chi connectivity index (χ1) is 16.5. The molecule has 1 fully saturated rings. The fourth-order valence-electron chi connectivity index (χ4n) is 5.15. The van der Waals surface area contributed by atoms with Crippen LogP contribution in [-0.2, 0) is 24.2 Å². The molecule has 1 saturated carbocycles. The average molecular weight is 497 g/mol. The third-order valence-electron chi connectivity index (χ3n) is 7.16. The van der Waals surface area contributed by atoms with E-state index in [9.17, 15) is 14.9 Å². The lowest BCUT2D eigenvalue weighted by atomic mass is 9.81. The number of amides is 1. The molecule has 0 bridgehead atoms. The Bertz CT molecular complexity index is 1300. The van der Waals surface area contributed by atoms with Gasteiger partial charge in [-0.15, -0.1) is 11.3 Å². The Morgan fingerprint density at radius 1 is 1.29 bits per heavy atom. The van der Waals surface area contributed by atoms with Crippen molar-refractivity contribution in [3.63, 3.8) is 0 Å². The van der Waals surface area contributed by atoms with Crippen molar-refractivity contribution in [2.75, 3.05) is 12.8 Å². The number of nitriles is 1. The molecule has 0 radical (unpaired) electrons. The van der Waals surface area contributed by atoms with Gasteiger partial charge in [-0.3, -0.25) is 14.2 Å². The van der Waals surface area contributed by atoms with Gasteiger partial charge in [0.15, 0.2) is 5.16 Å². The van der Waals surface area contributed by atoms with Crippen molar-refractivity contribution in [2.45, 2.75) is 75.0 Å². The van der Waals surface area contributed by atoms with Gasteiger partial charge in [-0.25, -0.2) is 4.98 Å². The second kappa shape index (κ2) is 9.59. The number of carbonyl (C=O) groups excluding carboxylic acids is 1. The number of thiophene rings is 1. The van der Waals surface area contributed by atoms with E-state index in [1.807, 2.05) is 6.07 Å². The van der Waals surface area contributed by atoms with Gasteiger partial charge in [-0.05, 0) is 56.2 Å². The fourth-order valence-corrected chi connectivity index (χ4v) is 7.36. The molecular weight excluding hydrogens is 468 g/mol. The van der Waals surface area contributed by atoms with Crippen LogP contribution in [0.3, 0.4) is 0 Å². The molecule has 0 saturated heterocycles. The minimum atomic E-state index is -0.728. The molecule has 0 N–H and O–H groups in total. The summed E-state index contributed by atoms with van der Waals surface area (Å²) >= 11 is 2.88. The van der Waals surface area contributed by atoms with E-state index in [1.54, 1.807) is 40.2 Å². The smallest absolute Gasteiger partial charge is 0.263 e. The Balaban J connectivity index is 1.46. The molecule has 0 spiro atoms. The van der Waals surface area contributed by atoms with Crippen LogP contribution in [0.5, 0.6) is 0 Å². The second-order valence-electron chi connectivity index (χ2n) is 9.20. The molecule has 0 atom stereocenters. The lowest BCUT2D eigenvalue weighted by Crippen LogP contribution is -2.50. The molecule has 34 heavy (non-hydrogen) atoms. The molecular formula is C25H28N4O3S2. The Hall–Kier alpha value is -2.57. The Morgan fingerprint density at radius 3 is 2.82 bits per heavy atom. The summed E-state index contributed by atoms with van der Waals surface area (Å²) in [7, 11) is 1.73. The summed E-state index contributed by atoms with van der Waals surface area (Å²) in [5, 5.41) is 11.1. The number of nitrogens with zero attached hydrogens (tertiary/aromatic N) is 4. The largest absolute Gasteiger partial charge is 0.467 e. The van der Waals surface area contributed by atoms with E-state index in [0.29, 0.717) is 23.8 Å². The van der Waals surface area contributed by atoms with Gasteiger partial charge >= 0.3 is 0 Å². The van der Waals surface area contributed by atoms with E-state index in [1.165, 1.54) is 16.6 Å². The van der Waals surface area contributed by atoms with E-state index in [-0.39, 0.29) is 23.8 Å². The molecule has 3 aromatic heterocycles. The van der Waals surface area contributed by atoms with Crippen LogP contribution in [0.15, 0.2) is 32.8 Å². The monoisotopic (exact) mass is 496 g/mol. The molecule has 7 nitrogen and oxygen atoms in total. The maximum absolute atomic E-state index is 13.7. The van der Waals surface area contributed by atoms with Crippen molar-refractivity contribution < 1.29 is 9.21 Å². The van der Waals surface area contributed by atoms with E-state index in [4.69, 9.17) is 9.40 Å². The summed E-state index contributed by atoms with van der Waals surface area (Å²) in [6, 6.07) is 6.05. The molecule has 5 rings (SSSR count). The number of thioether (sulfide) groups is 1. The van der Waals surface area contributed by atoms with E-state index >= 15 is 0 Å². The highest BCUT2D eigenvalue weighted by Crippen LogP contribution is 2.36. The standard InChI is InChI=1S/C25H28N4O3S2/c1-28(25(16-26)11-5-2-6-12-25)20(30)15-33-24-27-22-21(18-9-3-4-10-19(18)34-22)23(31)29(24)14-17-8-7-13-32-17/h7-8,13H,2-6,9-12,14-15H2,1H3. The van der Waals surface area contributed by atoms with Gasteiger partial charge < -0.3 is 9.32 Å². The Labute approximate surface area is 206 Å². The normalized spacial score (nSPS) is 17.3. The summed E-state index contributed by atoms with van der Waals surface area (Å²) in [5.74, 6) is 0.683. The molecule has 2 aliphatic rings. The zero-order valence-electron chi connectivity index (χ0n) is 19.3. The van der Waals surface area contributed by atoms with Gasteiger partial charge in [0, 0.05) is 11.9 Å². The molecule has 0 unspecified atom stereocenters. The van der Waals surface area contributed by atoms with Gasteiger partial charge in [0.25, 0.3) is 5.56 Å². The van der Waals surface area contributed by atoms with Gasteiger partial charge in [-0.2, -0.15) is 5.26 Å². The number of rotatable bonds is 6. The van der Waals surface area contributed by atoms with Crippen LogP contribution in [0.25, 0.3) is 10.2 Å². The van der Waals surface area contributed by atoms with Crippen LogP contribution >= 0.6 is 23.1 Å². The highest BCUT2D eigenvalue weighted by Gasteiger charge is 2.38. The highest BCUT2D eigenvalue weighted by molar-refractivity contribution is 7.99. The molecule has 3 aromatic rings. The summed E-state index contributed by atoms with van der Waals surface area (Å²) in [6.45, 7) is 0.272. The number of carbonyl (C=O) groups is 1. The number of aromatic nitrogens is 2. The fraction of sp³-hybridized carbons (Fsp3) is 0.520. The minimum Gasteiger partial charge on any atom is -0.467 e. The van der Waals surface area contributed by atoms with Gasteiger partial charge in [0.2, 0.25) is 5.91 Å². The number of furan rings is 1.